The van der Waals surface area contributed by atoms with E-state index in [-0.39, 0.29) is 5.57 Å². The minimum absolute atomic E-state index is 0.177. The lowest BCUT2D eigenvalue weighted by atomic mass is 10.1. The second-order valence-corrected chi connectivity index (χ2v) is 8.07. The molecule has 0 saturated carbocycles. The molecule has 7 nitrogen and oxygen atoms in total. The van der Waals surface area contributed by atoms with Crippen molar-refractivity contribution in [3.05, 3.63) is 58.1 Å². The predicted octanol–water partition coefficient (Wildman–Crippen LogP) is 5.28. The Hall–Kier alpha value is -3.32. The zero-order valence-electron chi connectivity index (χ0n) is 18.9. The van der Waals surface area contributed by atoms with E-state index in [2.05, 4.69) is 12.2 Å². The number of unbranched alkanes of at least 4 members (excludes halogenated alkanes) is 3. The first-order valence-electron chi connectivity index (χ1n) is 10.8. The SMILES string of the molecule is CCCCCCOc1ccc(/C=C2/C(=O)NC(=O)N(c3cccc(Cl)c3C)C2=O)cc1OC. The van der Waals surface area contributed by atoms with E-state index in [1.165, 1.54) is 13.2 Å². The van der Waals surface area contributed by atoms with Crippen LogP contribution in [-0.4, -0.2) is 31.6 Å². The fourth-order valence-electron chi connectivity index (χ4n) is 3.49. The molecule has 2 aromatic carbocycles. The van der Waals surface area contributed by atoms with Crippen LogP contribution in [0.1, 0.15) is 43.7 Å². The standard InChI is InChI=1S/C25H27ClN2O5/c1-4-5-6-7-13-33-21-12-11-17(15-22(21)32-3)14-18-23(29)27-25(31)28(24(18)30)20-10-8-9-19(26)16(20)2/h8-12,14-15H,4-7,13H2,1-3H3,(H,27,29,31)/b18-14-. The molecule has 3 rings (SSSR count). The van der Waals surface area contributed by atoms with Gasteiger partial charge < -0.3 is 9.47 Å². The molecule has 0 spiro atoms. The van der Waals surface area contributed by atoms with Crippen molar-refractivity contribution in [2.24, 2.45) is 0 Å². The van der Waals surface area contributed by atoms with Gasteiger partial charge in [0.05, 0.1) is 19.4 Å². The summed E-state index contributed by atoms with van der Waals surface area (Å²) in [6.45, 7) is 4.43. The van der Waals surface area contributed by atoms with Crippen LogP contribution in [0.2, 0.25) is 5.02 Å². The second kappa shape index (κ2) is 11.0. The van der Waals surface area contributed by atoms with Gasteiger partial charge in [0.25, 0.3) is 11.8 Å². The lowest BCUT2D eigenvalue weighted by molar-refractivity contribution is -0.122. The summed E-state index contributed by atoms with van der Waals surface area (Å²) in [4.78, 5) is 39.0. The summed E-state index contributed by atoms with van der Waals surface area (Å²) >= 11 is 6.16. The van der Waals surface area contributed by atoms with Gasteiger partial charge in [0.1, 0.15) is 5.57 Å². The molecule has 1 aliphatic rings. The Labute approximate surface area is 198 Å². The fraction of sp³-hybridized carbons (Fsp3) is 0.320. The summed E-state index contributed by atoms with van der Waals surface area (Å²) in [7, 11) is 1.52. The van der Waals surface area contributed by atoms with Crippen molar-refractivity contribution in [2.75, 3.05) is 18.6 Å². The molecule has 0 aromatic heterocycles. The number of carbonyl (C=O) groups excluding carboxylic acids is 3. The number of urea groups is 1. The Morgan fingerprint density at radius 1 is 1.06 bits per heavy atom. The number of carbonyl (C=O) groups is 3. The molecule has 0 unspecified atom stereocenters. The Balaban J connectivity index is 1.86. The highest BCUT2D eigenvalue weighted by atomic mass is 35.5. The summed E-state index contributed by atoms with van der Waals surface area (Å²) in [5.74, 6) is -0.426. The van der Waals surface area contributed by atoms with Crippen molar-refractivity contribution >= 4 is 41.2 Å². The Morgan fingerprint density at radius 2 is 1.85 bits per heavy atom. The Morgan fingerprint density at radius 3 is 2.58 bits per heavy atom. The monoisotopic (exact) mass is 470 g/mol. The molecule has 33 heavy (non-hydrogen) atoms. The van der Waals surface area contributed by atoms with Gasteiger partial charge in [-0.2, -0.15) is 0 Å². The van der Waals surface area contributed by atoms with Crippen LogP contribution in [0.3, 0.4) is 0 Å². The molecule has 0 bridgehead atoms. The number of halogens is 1. The molecular formula is C25H27ClN2O5. The highest BCUT2D eigenvalue weighted by molar-refractivity contribution is 6.39. The number of barbiturate groups is 1. The van der Waals surface area contributed by atoms with E-state index in [0.717, 1.165) is 30.6 Å². The van der Waals surface area contributed by atoms with Crippen LogP contribution in [0.25, 0.3) is 6.08 Å². The Kier molecular flexibility index (Phi) is 8.11. The number of hydrogen-bond donors (Lipinski definition) is 1. The number of nitrogens with one attached hydrogen (secondary N) is 1. The average Bonchev–Trinajstić information content (AvgIpc) is 2.79. The molecule has 0 aliphatic carbocycles. The largest absolute Gasteiger partial charge is 0.493 e. The van der Waals surface area contributed by atoms with E-state index < -0.39 is 17.8 Å². The maximum Gasteiger partial charge on any atom is 0.335 e. The molecule has 0 radical (unpaired) electrons. The van der Waals surface area contributed by atoms with Gasteiger partial charge in [0, 0.05) is 5.02 Å². The molecule has 4 amide bonds. The summed E-state index contributed by atoms with van der Waals surface area (Å²) in [6, 6.07) is 9.22. The maximum absolute atomic E-state index is 13.1. The van der Waals surface area contributed by atoms with Crippen molar-refractivity contribution in [3.63, 3.8) is 0 Å². The number of anilines is 1. The van der Waals surface area contributed by atoms with E-state index >= 15 is 0 Å². The van der Waals surface area contributed by atoms with Crippen LogP contribution in [0, 0.1) is 6.92 Å². The van der Waals surface area contributed by atoms with Crippen LogP contribution in [0.15, 0.2) is 42.0 Å². The third-order valence-corrected chi connectivity index (χ3v) is 5.75. The van der Waals surface area contributed by atoms with E-state index in [1.807, 2.05) is 0 Å². The van der Waals surface area contributed by atoms with Gasteiger partial charge in [-0.15, -0.1) is 0 Å². The van der Waals surface area contributed by atoms with Gasteiger partial charge in [-0.1, -0.05) is 49.9 Å². The van der Waals surface area contributed by atoms with Crippen molar-refractivity contribution in [1.82, 2.24) is 5.32 Å². The van der Waals surface area contributed by atoms with Gasteiger partial charge in [0.2, 0.25) is 0 Å². The molecule has 2 aromatic rings. The van der Waals surface area contributed by atoms with Crippen LogP contribution >= 0.6 is 11.6 Å². The van der Waals surface area contributed by atoms with Crippen molar-refractivity contribution in [2.45, 2.75) is 39.5 Å². The fourth-order valence-corrected chi connectivity index (χ4v) is 3.65. The number of methoxy groups -OCH3 is 1. The zero-order valence-corrected chi connectivity index (χ0v) is 19.7. The van der Waals surface area contributed by atoms with E-state index in [4.69, 9.17) is 21.1 Å². The summed E-state index contributed by atoms with van der Waals surface area (Å²) in [6.07, 6.45) is 5.78. The number of nitrogens with zero attached hydrogens (tertiary/aromatic N) is 1. The summed E-state index contributed by atoms with van der Waals surface area (Å²) < 4.78 is 11.2. The zero-order chi connectivity index (χ0) is 24.0. The lowest BCUT2D eigenvalue weighted by Crippen LogP contribution is -2.54. The number of amides is 4. The second-order valence-electron chi connectivity index (χ2n) is 7.66. The molecule has 1 aliphatic heterocycles. The van der Waals surface area contributed by atoms with Crippen LogP contribution < -0.4 is 19.7 Å². The predicted molar refractivity (Wildman–Crippen MR) is 128 cm³/mol. The molecule has 174 valence electrons. The maximum atomic E-state index is 13.1. The highest BCUT2D eigenvalue weighted by Crippen LogP contribution is 2.31. The number of benzene rings is 2. The van der Waals surface area contributed by atoms with Crippen LogP contribution in [0.5, 0.6) is 11.5 Å². The summed E-state index contributed by atoms with van der Waals surface area (Å²) in [5.41, 5.74) is 1.25. The van der Waals surface area contributed by atoms with Crippen molar-refractivity contribution in [3.8, 4) is 11.5 Å². The minimum atomic E-state index is -0.822. The van der Waals surface area contributed by atoms with Crippen LogP contribution in [0.4, 0.5) is 10.5 Å². The molecule has 0 atom stereocenters. The minimum Gasteiger partial charge on any atom is -0.493 e. The molecule has 1 saturated heterocycles. The normalized spacial score (nSPS) is 15.1. The average molecular weight is 471 g/mol. The molecule has 1 N–H and O–H groups in total. The van der Waals surface area contributed by atoms with Gasteiger partial charge in [-0.25, -0.2) is 9.69 Å². The summed E-state index contributed by atoms with van der Waals surface area (Å²) in [5, 5.41) is 2.63. The lowest BCUT2D eigenvalue weighted by Gasteiger charge is -2.27. The quantitative estimate of drug-likeness (QED) is 0.306. The van der Waals surface area contributed by atoms with E-state index in [1.54, 1.807) is 43.3 Å². The van der Waals surface area contributed by atoms with Gasteiger partial charge in [-0.05, 0) is 54.8 Å². The topological polar surface area (TPSA) is 84.9 Å². The molecule has 1 fully saturated rings. The first kappa shape index (κ1) is 24.3. The highest BCUT2D eigenvalue weighted by Gasteiger charge is 2.37. The smallest absolute Gasteiger partial charge is 0.335 e. The van der Waals surface area contributed by atoms with Crippen LogP contribution in [-0.2, 0) is 9.59 Å². The number of imide groups is 2. The number of rotatable bonds is 9. The van der Waals surface area contributed by atoms with Gasteiger partial charge >= 0.3 is 6.03 Å². The number of ether oxygens (including phenoxy) is 2. The van der Waals surface area contributed by atoms with Crippen molar-refractivity contribution < 1.29 is 23.9 Å². The first-order valence-corrected chi connectivity index (χ1v) is 11.2. The molecular weight excluding hydrogens is 444 g/mol. The Bertz CT molecular complexity index is 1100. The number of hydrogen-bond acceptors (Lipinski definition) is 5. The third-order valence-electron chi connectivity index (χ3n) is 5.34. The van der Waals surface area contributed by atoms with Gasteiger partial charge in [-0.3, -0.25) is 14.9 Å². The van der Waals surface area contributed by atoms with Crippen molar-refractivity contribution in [1.29, 1.82) is 0 Å². The first-order chi connectivity index (χ1) is 15.9. The molecule has 8 heteroatoms. The van der Waals surface area contributed by atoms with E-state index in [0.29, 0.717) is 39.9 Å². The van der Waals surface area contributed by atoms with Gasteiger partial charge in [0.15, 0.2) is 11.5 Å². The molecule has 1 heterocycles. The van der Waals surface area contributed by atoms with E-state index in [9.17, 15) is 14.4 Å². The third kappa shape index (κ3) is 5.54.